The smallest absolute Gasteiger partial charge is 0.262 e. The highest BCUT2D eigenvalue weighted by molar-refractivity contribution is 7.89. The molecule has 2 fully saturated rings. The van der Waals surface area contributed by atoms with E-state index in [0.29, 0.717) is 19.8 Å². The van der Waals surface area contributed by atoms with Crippen LogP contribution in [0.2, 0.25) is 0 Å². The molecule has 3 atom stereocenters. The minimum absolute atomic E-state index is 0.0581. The van der Waals surface area contributed by atoms with Crippen molar-refractivity contribution in [1.82, 2.24) is 13.9 Å². The third kappa shape index (κ3) is 3.17. The Morgan fingerprint density at radius 3 is 2.78 bits per heavy atom. The lowest BCUT2D eigenvalue weighted by atomic mass is 9.96. The average Bonchev–Trinajstić information content (AvgIpc) is 3.16. The average molecular weight is 343 g/mol. The summed E-state index contributed by atoms with van der Waals surface area (Å²) >= 11 is 0. The van der Waals surface area contributed by atoms with Crippen molar-refractivity contribution >= 4 is 10.0 Å². The number of morpholine rings is 1. The maximum absolute atomic E-state index is 13.0. The topological polar surface area (TPSA) is 84.7 Å². The Hall–Kier alpha value is -0.960. The Kier molecular flexibility index (Phi) is 4.78. The number of aliphatic hydroxyl groups excluding tert-OH is 1. The number of aromatic nitrogens is 2. The standard InChI is InChI=1S/C15H25N3O4S/c1-11(2)17-8-15(16-10-17)23(20,21)18-6-7-22-9-13(18)12-4-3-5-14(12)19/h8,10-14,19H,3-7,9H2,1-2H3/t12-,13-,14+/m1/s1. The first-order chi connectivity index (χ1) is 10.9. The summed E-state index contributed by atoms with van der Waals surface area (Å²) in [7, 11) is -3.67. The Balaban J connectivity index is 1.89. The molecular formula is C15H25N3O4S. The number of hydrogen-bond donors (Lipinski definition) is 1. The molecule has 0 bridgehead atoms. The van der Waals surface area contributed by atoms with E-state index in [1.165, 1.54) is 4.31 Å². The van der Waals surface area contributed by atoms with Gasteiger partial charge < -0.3 is 14.4 Å². The summed E-state index contributed by atoms with van der Waals surface area (Å²) in [5.41, 5.74) is 0. The molecule has 3 rings (SSSR count). The highest BCUT2D eigenvalue weighted by atomic mass is 32.2. The van der Waals surface area contributed by atoms with Gasteiger partial charge in [0.2, 0.25) is 0 Å². The van der Waals surface area contributed by atoms with E-state index >= 15 is 0 Å². The van der Waals surface area contributed by atoms with Gasteiger partial charge in [0.15, 0.2) is 5.03 Å². The first-order valence-corrected chi connectivity index (χ1v) is 9.66. The predicted octanol–water partition coefficient (Wildman–Crippen LogP) is 1.01. The third-order valence-electron chi connectivity index (χ3n) is 4.89. The van der Waals surface area contributed by atoms with Gasteiger partial charge in [-0.05, 0) is 26.7 Å². The van der Waals surface area contributed by atoms with Crippen molar-refractivity contribution in [1.29, 1.82) is 0 Å². The molecule has 0 amide bonds. The number of imidazole rings is 1. The summed E-state index contributed by atoms with van der Waals surface area (Å²) in [6.07, 6.45) is 5.18. The van der Waals surface area contributed by atoms with E-state index in [9.17, 15) is 13.5 Å². The molecule has 1 aromatic heterocycles. The van der Waals surface area contributed by atoms with Crippen LogP contribution in [0.3, 0.4) is 0 Å². The fourth-order valence-electron chi connectivity index (χ4n) is 3.51. The number of nitrogens with zero attached hydrogens (tertiary/aromatic N) is 3. The summed E-state index contributed by atoms with van der Waals surface area (Å²) in [6, 6.07) is -0.154. The van der Waals surface area contributed by atoms with Crippen molar-refractivity contribution in [3.63, 3.8) is 0 Å². The number of hydrogen-bond acceptors (Lipinski definition) is 5. The van der Waals surface area contributed by atoms with Crippen LogP contribution in [0.1, 0.15) is 39.2 Å². The van der Waals surface area contributed by atoms with Crippen LogP contribution in [-0.4, -0.2) is 59.3 Å². The molecule has 7 nitrogen and oxygen atoms in total. The minimum atomic E-state index is -3.67. The van der Waals surface area contributed by atoms with E-state index in [1.807, 2.05) is 13.8 Å². The second kappa shape index (κ2) is 6.51. The molecular weight excluding hydrogens is 318 g/mol. The molecule has 1 saturated heterocycles. The first kappa shape index (κ1) is 16.9. The fraction of sp³-hybridized carbons (Fsp3) is 0.800. The Morgan fingerprint density at radius 1 is 1.39 bits per heavy atom. The van der Waals surface area contributed by atoms with Crippen molar-refractivity contribution in [3.8, 4) is 0 Å². The van der Waals surface area contributed by atoms with Crippen molar-refractivity contribution in [2.24, 2.45) is 5.92 Å². The summed E-state index contributed by atoms with van der Waals surface area (Å²) < 4.78 is 34.8. The molecule has 1 saturated carbocycles. The van der Waals surface area contributed by atoms with Crippen LogP contribution in [0, 0.1) is 5.92 Å². The summed E-state index contributed by atoms with van der Waals surface area (Å²) in [5.74, 6) is -0.0581. The molecule has 0 spiro atoms. The lowest BCUT2D eigenvalue weighted by Gasteiger charge is -2.38. The van der Waals surface area contributed by atoms with E-state index in [-0.39, 0.29) is 23.0 Å². The maximum Gasteiger partial charge on any atom is 0.262 e. The van der Waals surface area contributed by atoms with Gasteiger partial charge in [0.25, 0.3) is 10.0 Å². The molecule has 0 radical (unpaired) electrons. The SMILES string of the molecule is CC(C)n1cnc(S(=O)(=O)N2CCOC[C@@H]2[C@H]2CCC[C@@H]2O)c1. The molecule has 1 aliphatic carbocycles. The van der Waals surface area contributed by atoms with Crippen molar-refractivity contribution in [2.45, 2.75) is 56.3 Å². The van der Waals surface area contributed by atoms with Crippen LogP contribution in [0.5, 0.6) is 0 Å². The highest BCUT2D eigenvalue weighted by Crippen LogP contribution is 2.34. The monoisotopic (exact) mass is 343 g/mol. The first-order valence-electron chi connectivity index (χ1n) is 8.22. The molecule has 2 aliphatic rings. The van der Waals surface area contributed by atoms with Gasteiger partial charge in [0.1, 0.15) is 0 Å². The molecule has 0 unspecified atom stereocenters. The lowest BCUT2D eigenvalue weighted by molar-refractivity contribution is -0.0148. The largest absolute Gasteiger partial charge is 0.393 e. The number of rotatable bonds is 4. The zero-order chi connectivity index (χ0) is 16.6. The Labute approximate surface area is 137 Å². The maximum atomic E-state index is 13.0. The van der Waals surface area contributed by atoms with Gasteiger partial charge in [-0.2, -0.15) is 4.31 Å². The molecule has 1 aliphatic heterocycles. The molecule has 1 aromatic rings. The van der Waals surface area contributed by atoms with Crippen LogP contribution >= 0.6 is 0 Å². The van der Waals surface area contributed by atoms with Crippen molar-refractivity contribution in [2.75, 3.05) is 19.8 Å². The van der Waals surface area contributed by atoms with Gasteiger partial charge in [-0.25, -0.2) is 13.4 Å². The van der Waals surface area contributed by atoms with Gasteiger partial charge in [-0.3, -0.25) is 0 Å². The van der Waals surface area contributed by atoms with Gasteiger partial charge in [0.05, 0.1) is 31.7 Å². The Bertz CT molecular complexity index is 643. The van der Waals surface area contributed by atoms with Gasteiger partial charge in [0, 0.05) is 24.7 Å². The van der Waals surface area contributed by atoms with Crippen LogP contribution in [0.25, 0.3) is 0 Å². The number of ether oxygens (including phenoxy) is 1. The quantitative estimate of drug-likeness (QED) is 0.882. The Morgan fingerprint density at radius 2 is 2.17 bits per heavy atom. The minimum Gasteiger partial charge on any atom is -0.393 e. The lowest BCUT2D eigenvalue weighted by Crippen LogP contribution is -2.53. The third-order valence-corrected chi connectivity index (χ3v) is 6.70. The summed E-state index contributed by atoms with van der Waals surface area (Å²) in [5, 5.41) is 10.2. The van der Waals surface area contributed by atoms with E-state index in [2.05, 4.69) is 4.98 Å². The second-order valence-corrected chi connectivity index (χ2v) is 8.51. The van der Waals surface area contributed by atoms with Crippen LogP contribution < -0.4 is 0 Å². The predicted molar refractivity (Wildman–Crippen MR) is 84.5 cm³/mol. The normalized spacial score (nSPS) is 30.2. The van der Waals surface area contributed by atoms with Crippen molar-refractivity contribution < 1.29 is 18.3 Å². The van der Waals surface area contributed by atoms with Crippen LogP contribution in [0.4, 0.5) is 0 Å². The molecule has 0 aromatic carbocycles. The van der Waals surface area contributed by atoms with E-state index < -0.39 is 16.1 Å². The summed E-state index contributed by atoms with van der Waals surface area (Å²) in [4.78, 5) is 4.09. The molecule has 130 valence electrons. The number of sulfonamides is 1. The second-order valence-electron chi connectivity index (χ2n) is 6.67. The van der Waals surface area contributed by atoms with Gasteiger partial charge in [-0.1, -0.05) is 6.42 Å². The highest BCUT2D eigenvalue weighted by Gasteiger charge is 2.43. The zero-order valence-electron chi connectivity index (χ0n) is 13.6. The molecule has 23 heavy (non-hydrogen) atoms. The van der Waals surface area contributed by atoms with E-state index in [1.54, 1.807) is 17.1 Å². The van der Waals surface area contributed by atoms with Gasteiger partial charge in [-0.15, -0.1) is 0 Å². The van der Waals surface area contributed by atoms with Crippen LogP contribution in [-0.2, 0) is 14.8 Å². The molecule has 1 N–H and O–H groups in total. The van der Waals surface area contributed by atoms with E-state index in [4.69, 9.17) is 4.74 Å². The number of aliphatic hydroxyl groups is 1. The van der Waals surface area contributed by atoms with Crippen LogP contribution in [0.15, 0.2) is 17.6 Å². The zero-order valence-corrected chi connectivity index (χ0v) is 14.4. The fourth-order valence-corrected chi connectivity index (χ4v) is 5.08. The summed E-state index contributed by atoms with van der Waals surface area (Å²) in [6.45, 7) is 4.98. The molecule has 2 heterocycles. The van der Waals surface area contributed by atoms with Gasteiger partial charge >= 0.3 is 0 Å². The van der Waals surface area contributed by atoms with Crippen molar-refractivity contribution in [3.05, 3.63) is 12.5 Å². The molecule has 8 heteroatoms. The van der Waals surface area contributed by atoms with E-state index in [0.717, 1.165) is 19.3 Å².